The van der Waals surface area contributed by atoms with E-state index < -0.39 is 0 Å². The van der Waals surface area contributed by atoms with E-state index in [9.17, 15) is 0 Å². The largest absolute Gasteiger partial charge is 0.493 e. The van der Waals surface area contributed by atoms with Gasteiger partial charge in [0.05, 0.1) is 12.3 Å². The summed E-state index contributed by atoms with van der Waals surface area (Å²) in [4.78, 5) is 6.65. The quantitative estimate of drug-likeness (QED) is 0.718. The lowest BCUT2D eigenvalue weighted by Gasteiger charge is -2.11. The molecule has 0 amide bonds. The van der Waals surface area contributed by atoms with E-state index in [1.807, 2.05) is 25.4 Å². The topological polar surface area (TPSA) is 26.5 Å². The standard InChI is InChI=1S/C15H16N2OS/c1-4-18-13-6-5-10(2)9-12(13)14-11(3)19-15-16-7-8-17(14)15/h5-9H,4H2,1-3H3. The molecule has 0 aliphatic rings. The molecule has 2 aromatic heterocycles. The summed E-state index contributed by atoms with van der Waals surface area (Å²) in [5.41, 5.74) is 3.56. The van der Waals surface area contributed by atoms with Gasteiger partial charge < -0.3 is 4.74 Å². The molecule has 0 radical (unpaired) electrons. The molecule has 0 N–H and O–H groups in total. The van der Waals surface area contributed by atoms with Crippen LogP contribution in [0.3, 0.4) is 0 Å². The lowest BCUT2D eigenvalue weighted by Crippen LogP contribution is -1.96. The van der Waals surface area contributed by atoms with E-state index in [4.69, 9.17) is 4.74 Å². The molecule has 0 atom stereocenters. The molecule has 1 aromatic carbocycles. The molecule has 0 fully saturated rings. The summed E-state index contributed by atoms with van der Waals surface area (Å²) in [5.74, 6) is 0.935. The van der Waals surface area contributed by atoms with Gasteiger partial charge in [-0.3, -0.25) is 4.40 Å². The molecule has 3 nitrogen and oxygen atoms in total. The highest BCUT2D eigenvalue weighted by Gasteiger charge is 2.15. The lowest BCUT2D eigenvalue weighted by atomic mass is 10.1. The Morgan fingerprint density at radius 2 is 2.16 bits per heavy atom. The number of nitrogens with zero attached hydrogens (tertiary/aromatic N) is 2. The van der Waals surface area contributed by atoms with E-state index in [0.717, 1.165) is 16.3 Å². The molecular formula is C15H16N2OS. The first-order chi connectivity index (χ1) is 9.20. The second kappa shape index (κ2) is 4.70. The van der Waals surface area contributed by atoms with Crippen LogP contribution in [0.4, 0.5) is 0 Å². The van der Waals surface area contributed by atoms with Crippen molar-refractivity contribution in [3.63, 3.8) is 0 Å². The number of benzene rings is 1. The summed E-state index contributed by atoms with van der Waals surface area (Å²) in [7, 11) is 0. The molecule has 98 valence electrons. The molecule has 3 aromatic rings. The Balaban J connectivity index is 2.27. The highest BCUT2D eigenvalue weighted by atomic mass is 32.1. The average molecular weight is 272 g/mol. The van der Waals surface area contributed by atoms with Gasteiger partial charge in [0.2, 0.25) is 0 Å². The van der Waals surface area contributed by atoms with Crippen LogP contribution >= 0.6 is 11.3 Å². The van der Waals surface area contributed by atoms with E-state index in [-0.39, 0.29) is 0 Å². The van der Waals surface area contributed by atoms with Gasteiger partial charge in [0.15, 0.2) is 4.96 Å². The first-order valence-electron chi connectivity index (χ1n) is 6.37. The number of imidazole rings is 1. The maximum Gasteiger partial charge on any atom is 0.194 e. The minimum atomic E-state index is 0.673. The fourth-order valence-electron chi connectivity index (χ4n) is 2.32. The number of aryl methyl sites for hydroxylation is 2. The molecule has 19 heavy (non-hydrogen) atoms. The van der Waals surface area contributed by atoms with Gasteiger partial charge in [-0.25, -0.2) is 4.98 Å². The summed E-state index contributed by atoms with van der Waals surface area (Å²) < 4.78 is 7.90. The Kier molecular flexibility index (Phi) is 3.03. The molecule has 0 saturated carbocycles. The van der Waals surface area contributed by atoms with Crippen LogP contribution in [0.15, 0.2) is 30.6 Å². The smallest absolute Gasteiger partial charge is 0.194 e. The molecular weight excluding hydrogens is 256 g/mol. The first kappa shape index (κ1) is 12.2. The zero-order chi connectivity index (χ0) is 13.4. The van der Waals surface area contributed by atoms with Gasteiger partial charge in [-0.15, -0.1) is 11.3 Å². The van der Waals surface area contributed by atoms with Gasteiger partial charge in [-0.1, -0.05) is 11.6 Å². The van der Waals surface area contributed by atoms with E-state index in [0.29, 0.717) is 6.61 Å². The third kappa shape index (κ3) is 2.02. The predicted molar refractivity (Wildman–Crippen MR) is 79.1 cm³/mol. The third-order valence-electron chi connectivity index (χ3n) is 3.12. The Morgan fingerprint density at radius 3 is 2.95 bits per heavy atom. The number of aromatic nitrogens is 2. The SMILES string of the molecule is CCOc1ccc(C)cc1-c1c(C)sc2nccn12. The number of rotatable bonds is 3. The molecule has 0 bridgehead atoms. The Hall–Kier alpha value is -1.81. The van der Waals surface area contributed by atoms with Gasteiger partial charge in [-0.05, 0) is 32.9 Å². The van der Waals surface area contributed by atoms with Crippen molar-refractivity contribution in [2.24, 2.45) is 0 Å². The Morgan fingerprint density at radius 1 is 1.32 bits per heavy atom. The molecule has 0 saturated heterocycles. The molecule has 0 aliphatic heterocycles. The molecule has 0 unspecified atom stereocenters. The summed E-state index contributed by atoms with van der Waals surface area (Å²) in [6, 6.07) is 6.31. The van der Waals surface area contributed by atoms with Gasteiger partial charge in [0, 0.05) is 22.8 Å². The second-order valence-corrected chi connectivity index (χ2v) is 5.70. The maximum atomic E-state index is 5.77. The molecule has 4 heteroatoms. The summed E-state index contributed by atoms with van der Waals surface area (Å²) in [5, 5.41) is 0. The normalized spacial score (nSPS) is 11.1. The molecule has 0 aliphatic carbocycles. The van der Waals surface area contributed by atoms with Crippen LogP contribution in [0.25, 0.3) is 16.2 Å². The monoisotopic (exact) mass is 272 g/mol. The maximum absolute atomic E-state index is 5.77. The number of ether oxygens (including phenoxy) is 1. The minimum absolute atomic E-state index is 0.673. The summed E-state index contributed by atoms with van der Waals surface area (Å²) >= 11 is 1.71. The number of hydrogen-bond donors (Lipinski definition) is 0. The van der Waals surface area contributed by atoms with Crippen LogP contribution in [0.2, 0.25) is 0 Å². The second-order valence-electron chi connectivity index (χ2n) is 4.52. The van der Waals surface area contributed by atoms with Gasteiger partial charge in [0.1, 0.15) is 5.75 Å². The molecule has 0 spiro atoms. The zero-order valence-electron chi connectivity index (χ0n) is 11.3. The lowest BCUT2D eigenvalue weighted by molar-refractivity contribution is 0.341. The van der Waals surface area contributed by atoms with Crippen molar-refractivity contribution in [1.82, 2.24) is 9.38 Å². The fraction of sp³-hybridized carbons (Fsp3) is 0.267. The van der Waals surface area contributed by atoms with Crippen LogP contribution in [0, 0.1) is 13.8 Å². The van der Waals surface area contributed by atoms with E-state index >= 15 is 0 Å². The Labute approximate surface area is 116 Å². The van der Waals surface area contributed by atoms with Crippen molar-refractivity contribution in [1.29, 1.82) is 0 Å². The van der Waals surface area contributed by atoms with E-state index in [1.54, 1.807) is 11.3 Å². The van der Waals surface area contributed by atoms with Crippen molar-refractivity contribution in [3.05, 3.63) is 41.0 Å². The van der Waals surface area contributed by atoms with Gasteiger partial charge in [-0.2, -0.15) is 0 Å². The van der Waals surface area contributed by atoms with Gasteiger partial charge in [0.25, 0.3) is 0 Å². The van der Waals surface area contributed by atoms with Crippen molar-refractivity contribution in [2.75, 3.05) is 6.61 Å². The Bertz CT molecular complexity index is 727. The highest BCUT2D eigenvalue weighted by Crippen LogP contribution is 2.36. The number of thiazole rings is 1. The third-order valence-corrected chi connectivity index (χ3v) is 4.10. The number of hydrogen-bond acceptors (Lipinski definition) is 3. The summed E-state index contributed by atoms with van der Waals surface area (Å²) in [6.07, 6.45) is 3.84. The van der Waals surface area contributed by atoms with Crippen LogP contribution in [0.1, 0.15) is 17.4 Å². The first-order valence-corrected chi connectivity index (χ1v) is 7.18. The van der Waals surface area contributed by atoms with Crippen LogP contribution < -0.4 is 4.74 Å². The van der Waals surface area contributed by atoms with Crippen molar-refractivity contribution >= 4 is 16.3 Å². The predicted octanol–water partition coefficient (Wildman–Crippen LogP) is 4.08. The van der Waals surface area contributed by atoms with Crippen molar-refractivity contribution in [2.45, 2.75) is 20.8 Å². The van der Waals surface area contributed by atoms with Crippen molar-refractivity contribution < 1.29 is 4.74 Å². The summed E-state index contributed by atoms with van der Waals surface area (Å²) in [6.45, 7) is 6.92. The fourth-order valence-corrected chi connectivity index (χ4v) is 3.26. The van der Waals surface area contributed by atoms with Crippen LogP contribution in [-0.2, 0) is 0 Å². The zero-order valence-corrected chi connectivity index (χ0v) is 12.1. The molecule has 3 rings (SSSR count). The van der Waals surface area contributed by atoms with E-state index in [2.05, 4.69) is 35.4 Å². The van der Waals surface area contributed by atoms with Gasteiger partial charge >= 0.3 is 0 Å². The van der Waals surface area contributed by atoms with E-state index in [1.165, 1.54) is 16.1 Å². The van der Waals surface area contributed by atoms with Crippen molar-refractivity contribution in [3.8, 4) is 17.0 Å². The minimum Gasteiger partial charge on any atom is -0.493 e. The number of fused-ring (bicyclic) bond motifs is 1. The average Bonchev–Trinajstić information content (AvgIpc) is 2.92. The van der Waals surface area contributed by atoms with Crippen LogP contribution in [0.5, 0.6) is 5.75 Å². The van der Waals surface area contributed by atoms with Crippen LogP contribution in [-0.4, -0.2) is 16.0 Å². The highest BCUT2D eigenvalue weighted by molar-refractivity contribution is 7.17. The molecule has 2 heterocycles.